The number of thiol groups is 1. The van der Waals surface area contributed by atoms with E-state index in [-0.39, 0.29) is 12.2 Å². The topological polar surface area (TPSA) is 200 Å². The molecule has 1 aromatic rings. The van der Waals surface area contributed by atoms with Crippen LogP contribution in [0.1, 0.15) is 19.5 Å². The molecule has 0 radical (unpaired) electrons. The Hall–Kier alpha value is -2.64. The summed E-state index contributed by atoms with van der Waals surface area (Å²) in [5.74, 6) is -3.56. The number of hydrogen-bond acceptors (Lipinski definition) is 8. The summed E-state index contributed by atoms with van der Waals surface area (Å²) in [5, 5.41) is 25.4. The normalized spacial score (nSPS) is 16.0. The summed E-state index contributed by atoms with van der Waals surface area (Å²) in [5.41, 5.74) is 6.12. The van der Waals surface area contributed by atoms with Gasteiger partial charge in [0.05, 0.1) is 12.4 Å². The van der Waals surface area contributed by atoms with Gasteiger partial charge in [0.2, 0.25) is 17.7 Å². The molecule has 5 unspecified atom stereocenters. The van der Waals surface area contributed by atoms with Crippen molar-refractivity contribution in [2.24, 2.45) is 5.73 Å². The van der Waals surface area contributed by atoms with Crippen molar-refractivity contribution >= 4 is 36.3 Å². The van der Waals surface area contributed by atoms with E-state index in [1.54, 1.807) is 0 Å². The first-order chi connectivity index (χ1) is 13.6. The standard InChI is InChI=1S/C16H26N6O6S/c1-7(16(27)28)20-14(25)11(5-29)22-13(24)10(3-9-4-18-6-19-9)21-15(26)12(17)8(2)23/h4,6-8,10-12,23,29H,3,5,17H2,1-2H3,(H,18,19)(H,20,25)(H,21,26)(H,22,24)(H,27,28). The molecule has 13 heteroatoms. The number of hydrogen-bond donors (Lipinski definition) is 8. The first kappa shape index (κ1) is 24.4. The Morgan fingerprint density at radius 2 is 1.72 bits per heavy atom. The lowest BCUT2D eigenvalue weighted by Crippen LogP contribution is -2.58. The predicted octanol–water partition coefficient (Wildman–Crippen LogP) is -2.85. The van der Waals surface area contributed by atoms with Crippen LogP contribution in [-0.4, -0.2) is 79.9 Å². The number of H-pyrrole nitrogens is 1. The quantitative estimate of drug-likeness (QED) is 0.171. The van der Waals surface area contributed by atoms with E-state index >= 15 is 0 Å². The van der Waals surface area contributed by atoms with E-state index < -0.39 is 54.0 Å². The third-order valence-electron chi connectivity index (χ3n) is 3.98. The van der Waals surface area contributed by atoms with Crippen LogP contribution in [0.2, 0.25) is 0 Å². The average Bonchev–Trinajstić information content (AvgIpc) is 3.17. The number of aromatic amines is 1. The summed E-state index contributed by atoms with van der Waals surface area (Å²) < 4.78 is 0. The molecule has 1 heterocycles. The summed E-state index contributed by atoms with van der Waals surface area (Å²) >= 11 is 4.01. The molecule has 1 aromatic heterocycles. The van der Waals surface area contributed by atoms with Crippen LogP contribution in [-0.2, 0) is 25.6 Å². The SMILES string of the molecule is CC(NC(=O)C(CS)NC(=O)C(Cc1cnc[nH]1)NC(=O)C(N)C(C)O)C(=O)O. The van der Waals surface area contributed by atoms with Crippen molar-refractivity contribution in [3.63, 3.8) is 0 Å². The van der Waals surface area contributed by atoms with Crippen molar-refractivity contribution in [3.05, 3.63) is 18.2 Å². The summed E-state index contributed by atoms with van der Waals surface area (Å²) in [7, 11) is 0. The molecule has 29 heavy (non-hydrogen) atoms. The number of carbonyl (C=O) groups is 4. The van der Waals surface area contributed by atoms with Crippen LogP contribution in [0.3, 0.4) is 0 Å². The fraction of sp³-hybridized carbons (Fsp3) is 0.562. The lowest BCUT2D eigenvalue weighted by Gasteiger charge is -2.24. The van der Waals surface area contributed by atoms with Crippen molar-refractivity contribution in [2.75, 3.05) is 5.75 Å². The molecule has 0 saturated heterocycles. The third-order valence-corrected chi connectivity index (χ3v) is 4.34. The third kappa shape index (κ3) is 7.71. The molecule has 12 nitrogen and oxygen atoms in total. The van der Waals surface area contributed by atoms with Gasteiger partial charge in [-0.05, 0) is 13.8 Å². The van der Waals surface area contributed by atoms with Crippen LogP contribution >= 0.6 is 12.6 Å². The molecule has 0 saturated carbocycles. The Morgan fingerprint density at radius 1 is 1.14 bits per heavy atom. The Balaban J connectivity index is 2.89. The highest BCUT2D eigenvalue weighted by molar-refractivity contribution is 7.80. The molecular formula is C16H26N6O6S. The smallest absolute Gasteiger partial charge is 0.325 e. The zero-order chi connectivity index (χ0) is 22.1. The number of carbonyl (C=O) groups excluding carboxylic acids is 3. The van der Waals surface area contributed by atoms with Gasteiger partial charge < -0.3 is 36.9 Å². The zero-order valence-corrected chi connectivity index (χ0v) is 16.8. The highest BCUT2D eigenvalue weighted by Crippen LogP contribution is 2.02. The molecule has 0 aliphatic rings. The molecule has 0 fully saturated rings. The summed E-state index contributed by atoms with van der Waals surface area (Å²) in [6, 6.07) is -4.70. The van der Waals surface area contributed by atoms with Gasteiger partial charge >= 0.3 is 5.97 Å². The number of carboxylic acids is 1. The van der Waals surface area contributed by atoms with Crippen molar-refractivity contribution < 1.29 is 29.4 Å². The van der Waals surface area contributed by atoms with Crippen molar-refractivity contribution in [1.82, 2.24) is 25.9 Å². The minimum atomic E-state index is -1.26. The van der Waals surface area contributed by atoms with Gasteiger partial charge in [0.15, 0.2) is 0 Å². The van der Waals surface area contributed by atoms with E-state index in [0.29, 0.717) is 5.69 Å². The molecule has 0 spiro atoms. The van der Waals surface area contributed by atoms with Gasteiger partial charge in [-0.2, -0.15) is 12.6 Å². The summed E-state index contributed by atoms with van der Waals surface area (Å²) in [4.78, 5) is 54.6. The molecular weight excluding hydrogens is 404 g/mol. The molecule has 8 N–H and O–H groups in total. The number of carboxylic acid groups (broad SMARTS) is 1. The van der Waals surface area contributed by atoms with E-state index in [4.69, 9.17) is 10.8 Å². The maximum absolute atomic E-state index is 12.7. The maximum Gasteiger partial charge on any atom is 0.325 e. The molecule has 0 aromatic carbocycles. The number of nitrogens with two attached hydrogens (primary N) is 1. The highest BCUT2D eigenvalue weighted by atomic mass is 32.1. The first-order valence-corrected chi connectivity index (χ1v) is 9.35. The van der Waals surface area contributed by atoms with Gasteiger partial charge in [0.25, 0.3) is 0 Å². The lowest BCUT2D eigenvalue weighted by molar-refractivity contribution is -0.141. The van der Waals surface area contributed by atoms with E-state index in [2.05, 4.69) is 38.5 Å². The largest absolute Gasteiger partial charge is 0.480 e. The molecule has 5 atom stereocenters. The second-order valence-corrected chi connectivity index (χ2v) is 6.79. The van der Waals surface area contributed by atoms with Gasteiger partial charge in [0.1, 0.15) is 24.2 Å². The van der Waals surface area contributed by atoms with Crippen LogP contribution in [0.4, 0.5) is 0 Å². The van der Waals surface area contributed by atoms with Gasteiger partial charge in [-0.3, -0.25) is 19.2 Å². The van der Waals surface area contributed by atoms with Crippen LogP contribution < -0.4 is 21.7 Å². The number of imidazole rings is 1. The van der Waals surface area contributed by atoms with E-state index in [0.717, 1.165) is 0 Å². The zero-order valence-electron chi connectivity index (χ0n) is 16.0. The minimum Gasteiger partial charge on any atom is -0.480 e. The highest BCUT2D eigenvalue weighted by Gasteiger charge is 2.30. The Kier molecular flexibility index (Phi) is 9.58. The summed E-state index contributed by atoms with van der Waals surface area (Å²) in [6.07, 6.45) is 1.72. The Labute approximate surface area is 172 Å². The Bertz CT molecular complexity index is 713. The monoisotopic (exact) mass is 430 g/mol. The fourth-order valence-corrected chi connectivity index (χ4v) is 2.41. The van der Waals surface area contributed by atoms with Gasteiger partial charge in [-0.1, -0.05) is 0 Å². The fourth-order valence-electron chi connectivity index (χ4n) is 2.15. The second-order valence-electron chi connectivity index (χ2n) is 6.42. The number of aliphatic hydroxyl groups excluding tert-OH is 1. The maximum atomic E-state index is 12.7. The average molecular weight is 430 g/mol. The van der Waals surface area contributed by atoms with E-state index in [1.165, 1.54) is 26.4 Å². The van der Waals surface area contributed by atoms with Gasteiger partial charge in [0, 0.05) is 24.1 Å². The number of aliphatic carboxylic acids is 1. The first-order valence-electron chi connectivity index (χ1n) is 8.72. The molecule has 0 aliphatic carbocycles. The molecule has 0 bridgehead atoms. The van der Waals surface area contributed by atoms with Gasteiger partial charge in [-0.15, -0.1) is 0 Å². The van der Waals surface area contributed by atoms with Crippen LogP contribution in [0.5, 0.6) is 0 Å². The molecule has 3 amide bonds. The Morgan fingerprint density at radius 3 is 2.21 bits per heavy atom. The lowest BCUT2D eigenvalue weighted by atomic mass is 10.1. The molecule has 162 valence electrons. The van der Waals surface area contributed by atoms with Crippen LogP contribution in [0.15, 0.2) is 12.5 Å². The number of aromatic nitrogens is 2. The van der Waals surface area contributed by atoms with E-state index in [9.17, 15) is 24.3 Å². The molecule has 1 rings (SSSR count). The predicted molar refractivity (Wildman–Crippen MR) is 105 cm³/mol. The second kappa shape index (κ2) is 11.4. The number of amides is 3. The number of rotatable bonds is 11. The summed E-state index contributed by atoms with van der Waals surface area (Å²) in [6.45, 7) is 2.61. The number of aliphatic hydroxyl groups is 1. The van der Waals surface area contributed by atoms with Crippen molar-refractivity contribution in [1.29, 1.82) is 0 Å². The number of nitrogens with one attached hydrogen (secondary N) is 4. The number of nitrogens with zero attached hydrogens (tertiary/aromatic N) is 1. The van der Waals surface area contributed by atoms with Crippen LogP contribution in [0, 0.1) is 0 Å². The molecule has 0 aliphatic heterocycles. The van der Waals surface area contributed by atoms with Crippen LogP contribution in [0.25, 0.3) is 0 Å². The van der Waals surface area contributed by atoms with Gasteiger partial charge in [-0.25, -0.2) is 4.98 Å². The van der Waals surface area contributed by atoms with Crippen molar-refractivity contribution in [2.45, 2.75) is 50.5 Å². The minimum absolute atomic E-state index is 0.0105. The van der Waals surface area contributed by atoms with E-state index in [1.807, 2.05) is 0 Å². The van der Waals surface area contributed by atoms with Crippen molar-refractivity contribution in [3.8, 4) is 0 Å².